The zero-order valence-electron chi connectivity index (χ0n) is 24.8. The molecule has 43 heavy (non-hydrogen) atoms. The van der Waals surface area contributed by atoms with Crippen LogP contribution >= 0.6 is 0 Å². The molecule has 4 aromatic carbocycles. The van der Waals surface area contributed by atoms with Crippen LogP contribution in [0.25, 0.3) is 11.1 Å². The minimum absolute atomic E-state index is 0.176. The van der Waals surface area contributed by atoms with Gasteiger partial charge >= 0.3 is 12.0 Å². The maximum Gasteiger partial charge on any atom is 0.326 e. The molecule has 222 valence electrons. The summed E-state index contributed by atoms with van der Waals surface area (Å²) in [6.45, 7) is 2.17. The van der Waals surface area contributed by atoms with Crippen molar-refractivity contribution in [2.24, 2.45) is 0 Å². The van der Waals surface area contributed by atoms with Crippen LogP contribution in [0.4, 0.5) is 16.2 Å². The summed E-state index contributed by atoms with van der Waals surface area (Å²) in [6, 6.07) is 31.6. The van der Waals surface area contributed by atoms with Crippen molar-refractivity contribution in [3.8, 4) is 11.1 Å². The van der Waals surface area contributed by atoms with E-state index in [1.54, 1.807) is 11.9 Å². The van der Waals surface area contributed by atoms with Gasteiger partial charge in [0.1, 0.15) is 6.04 Å². The molecule has 3 N–H and O–H groups in total. The number of aryl methyl sites for hydroxylation is 2. The van der Waals surface area contributed by atoms with Gasteiger partial charge in [-0.25, -0.2) is 9.59 Å². The molecule has 4 aromatic rings. The first-order valence-corrected chi connectivity index (χ1v) is 14.7. The lowest BCUT2D eigenvalue weighted by molar-refractivity contribution is -0.141. The molecular weight excluding hydrogens is 538 g/mol. The second kappa shape index (κ2) is 15.4. The number of carbonyl (C=O) groups excluding carboxylic acids is 2. The largest absolute Gasteiger partial charge is 0.480 e. The van der Waals surface area contributed by atoms with E-state index in [1.165, 1.54) is 5.56 Å². The monoisotopic (exact) mass is 577 g/mol. The van der Waals surface area contributed by atoms with Crippen molar-refractivity contribution >= 4 is 29.3 Å². The fourth-order valence-corrected chi connectivity index (χ4v) is 4.79. The van der Waals surface area contributed by atoms with E-state index in [9.17, 15) is 19.5 Å². The highest BCUT2D eigenvalue weighted by Crippen LogP contribution is 2.25. The summed E-state index contributed by atoms with van der Waals surface area (Å²) < 4.78 is 0. The molecule has 0 heterocycles. The molecule has 7 heteroatoms. The fourth-order valence-electron chi connectivity index (χ4n) is 4.79. The summed E-state index contributed by atoms with van der Waals surface area (Å²) >= 11 is 0. The molecular formula is C36H39N3O4. The first-order valence-electron chi connectivity index (χ1n) is 14.7. The molecule has 0 aliphatic rings. The van der Waals surface area contributed by atoms with E-state index in [4.69, 9.17) is 0 Å². The number of carboxylic acids is 1. The molecule has 0 radical (unpaired) electrons. The number of benzene rings is 4. The SMILES string of the molecule is CCCCc1ccc(NC(=O)N(C)c2cccc(-c3ccc(CC(NC(=O)CCc4ccccc4)C(=O)O)cc3)c2)cc1. The average Bonchev–Trinajstić information content (AvgIpc) is 3.03. The van der Waals surface area contributed by atoms with Crippen LogP contribution < -0.4 is 15.5 Å². The minimum atomic E-state index is -1.07. The molecule has 0 fully saturated rings. The highest BCUT2D eigenvalue weighted by atomic mass is 16.4. The third-order valence-corrected chi connectivity index (χ3v) is 7.41. The molecule has 0 aliphatic carbocycles. The Labute approximate surface area is 253 Å². The first-order chi connectivity index (χ1) is 20.8. The summed E-state index contributed by atoms with van der Waals surface area (Å²) in [7, 11) is 1.73. The van der Waals surface area contributed by atoms with Crippen molar-refractivity contribution in [3.63, 3.8) is 0 Å². The zero-order valence-corrected chi connectivity index (χ0v) is 24.8. The van der Waals surface area contributed by atoms with E-state index in [-0.39, 0.29) is 24.8 Å². The zero-order chi connectivity index (χ0) is 30.6. The van der Waals surface area contributed by atoms with Crippen molar-refractivity contribution in [1.82, 2.24) is 5.32 Å². The normalized spacial score (nSPS) is 11.4. The number of carbonyl (C=O) groups is 3. The van der Waals surface area contributed by atoms with Crippen LogP contribution in [0.2, 0.25) is 0 Å². The van der Waals surface area contributed by atoms with Crippen molar-refractivity contribution in [2.45, 2.75) is 51.5 Å². The molecule has 3 amide bonds. The number of rotatable bonds is 13. The van der Waals surface area contributed by atoms with Crippen molar-refractivity contribution < 1.29 is 19.5 Å². The van der Waals surface area contributed by atoms with Crippen LogP contribution in [-0.2, 0) is 28.9 Å². The van der Waals surface area contributed by atoms with E-state index in [0.717, 1.165) is 52.9 Å². The average molecular weight is 578 g/mol. The Morgan fingerprint density at radius 2 is 1.44 bits per heavy atom. The van der Waals surface area contributed by atoms with Gasteiger partial charge in [0.15, 0.2) is 0 Å². The number of hydrogen-bond donors (Lipinski definition) is 3. The molecule has 0 saturated carbocycles. The van der Waals surface area contributed by atoms with Gasteiger partial charge in [0, 0.05) is 31.3 Å². The van der Waals surface area contributed by atoms with E-state index >= 15 is 0 Å². The Bertz CT molecular complexity index is 1500. The van der Waals surface area contributed by atoms with Crippen LogP contribution in [0.15, 0.2) is 103 Å². The topological polar surface area (TPSA) is 98.7 Å². The first kappa shape index (κ1) is 31.0. The van der Waals surface area contributed by atoms with E-state index in [1.807, 2.05) is 103 Å². The summed E-state index contributed by atoms with van der Waals surface area (Å²) in [4.78, 5) is 38.8. The molecule has 7 nitrogen and oxygen atoms in total. The summed E-state index contributed by atoms with van der Waals surface area (Å²) in [5, 5.41) is 15.3. The van der Waals surface area contributed by atoms with Crippen molar-refractivity contribution in [2.75, 3.05) is 17.3 Å². The van der Waals surface area contributed by atoms with Crippen LogP contribution in [0.5, 0.6) is 0 Å². The maximum absolute atomic E-state index is 12.9. The number of nitrogens with zero attached hydrogens (tertiary/aromatic N) is 1. The van der Waals surface area contributed by atoms with E-state index < -0.39 is 12.0 Å². The Morgan fingerprint density at radius 3 is 2.12 bits per heavy atom. The highest BCUT2D eigenvalue weighted by molar-refractivity contribution is 6.01. The van der Waals surface area contributed by atoms with Crippen LogP contribution in [-0.4, -0.2) is 36.1 Å². The van der Waals surface area contributed by atoms with E-state index in [0.29, 0.717) is 6.42 Å². The second-order valence-corrected chi connectivity index (χ2v) is 10.7. The van der Waals surface area contributed by atoms with Gasteiger partial charge in [-0.2, -0.15) is 0 Å². The summed E-state index contributed by atoms with van der Waals surface area (Å²) in [6.07, 6.45) is 4.27. The highest BCUT2D eigenvalue weighted by Gasteiger charge is 2.20. The predicted octanol–water partition coefficient (Wildman–Crippen LogP) is 7.11. The number of nitrogens with one attached hydrogen (secondary N) is 2. The molecule has 0 aromatic heterocycles. The van der Waals surface area contributed by atoms with Crippen LogP contribution in [0, 0.1) is 0 Å². The molecule has 0 saturated heterocycles. The van der Waals surface area contributed by atoms with Gasteiger partial charge in [0.25, 0.3) is 0 Å². The Hall–Kier alpha value is -4.91. The third kappa shape index (κ3) is 9.30. The van der Waals surface area contributed by atoms with Gasteiger partial charge in [-0.05, 0) is 71.3 Å². The van der Waals surface area contributed by atoms with Crippen LogP contribution in [0.1, 0.15) is 42.9 Å². The van der Waals surface area contributed by atoms with Gasteiger partial charge < -0.3 is 15.7 Å². The van der Waals surface area contributed by atoms with Gasteiger partial charge in [-0.15, -0.1) is 0 Å². The Kier molecular flexibility index (Phi) is 11.1. The molecule has 1 atom stereocenters. The van der Waals surface area contributed by atoms with Gasteiger partial charge in [0.05, 0.1) is 0 Å². The van der Waals surface area contributed by atoms with Gasteiger partial charge in [-0.3, -0.25) is 9.69 Å². The fraction of sp³-hybridized carbons (Fsp3) is 0.250. The standard InChI is InChI=1S/C36H39N3O4/c1-3-4-9-27-16-21-31(22-17-27)37-36(43)39(2)32-13-8-12-30(25-32)29-19-14-28(15-20-29)24-33(35(41)42)38-34(40)23-18-26-10-6-5-7-11-26/h5-8,10-17,19-22,25,33H,3-4,9,18,23-24H2,1-2H3,(H,37,43)(H,38,40)(H,41,42). The van der Waals surface area contributed by atoms with E-state index in [2.05, 4.69) is 17.6 Å². The predicted molar refractivity (Wildman–Crippen MR) is 172 cm³/mol. The van der Waals surface area contributed by atoms with Gasteiger partial charge in [0.2, 0.25) is 5.91 Å². The lowest BCUT2D eigenvalue weighted by Crippen LogP contribution is -2.42. The Morgan fingerprint density at radius 1 is 0.767 bits per heavy atom. The number of aliphatic carboxylic acids is 1. The summed E-state index contributed by atoms with van der Waals surface area (Å²) in [5.74, 6) is -1.36. The third-order valence-electron chi connectivity index (χ3n) is 7.41. The lowest BCUT2D eigenvalue weighted by atomic mass is 10.00. The lowest BCUT2D eigenvalue weighted by Gasteiger charge is -2.19. The van der Waals surface area contributed by atoms with Crippen molar-refractivity contribution in [3.05, 3.63) is 120 Å². The number of carboxylic acid groups (broad SMARTS) is 1. The number of urea groups is 1. The molecule has 4 rings (SSSR count). The number of anilines is 2. The molecule has 0 spiro atoms. The quantitative estimate of drug-likeness (QED) is 0.158. The Balaban J connectivity index is 1.35. The molecule has 0 aliphatic heterocycles. The maximum atomic E-state index is 12.9. The summed E-state index contributed by atoms with van der Waals surface area (Å²) in [5.41, 5.74) is 6.43. The number of unbranched alkanes of at least 4 members (excludes halogenated alkanes) is 1. The number of amides is 3. The second-order valence-electron chi connectivity index (χ2n) is 10.7. The van der Waals surface area contributed by atoms with Crippen LogP contribution in [0.3, 0.4) is 0 Å². The van der Waals surface area contributed by atoms with Gasteiger partial charge in [-0.1, -0.05) is 92.2 Å². The smallest absolute Gasteiger partial charge is 0.326 e. The minimum Gasteiger partial charge on any atom is -0.480 e. The number of hydrogen-bond acceptors (Lipinski definition) is 3. The molecule has 0 bridgehead atoms. The molecule has 1 unspecified atom stereocenters. The van der Waals surface area contributed by atoms with Crippen molar-refractivity contribution in [1.29, 1.82) is 0 Å².